The average Bonchev–Trinajstić information content (AvgIpc) is 3.52. The lowest BCUT2D eigenvalue weighted by atomic mass is 9.84. The Kier molecular flexibility index (Phi) is 4.32. The van der Waals surface area contributed by atoms with Gasteiger partial charge in [0.15, 0.2) is 5.76 Å². The number of fused-ring (bicyclic) bond motifs is 5. The van der Waals surface area contributed by atoms with Crippen LogP contribution in [0.25, 0.3) is 6.08 Å². The van der Waals surface area contributed by atoms with Gasteiger partial charge >= 0.3 is 0 Å². The summed E-state index contributed by atoms with van der Waals surface area (Å²) in [5, 5.41) is -0.194. The van der Waals surface area contributed by atoms with Crippen molar-refractivity contribution >= 4 is 41.0 Å². The Morgan fingerprint density at radius 1 is 1.00 bits per heavy atom. The van der Waals surface area contributed by atoms with Gasteiger partial charge in [-0.1, -0.05) is 35.9 Å². The van der Waals surface area contributed by atoms with Crippen molar-refractivity contribution in [2.24, 2.45) is 11.8 Å². The van der Waals surface area contributed by atoms with Crippen molar-refractivity contribution in [3.05, 3.63) is 94.8 Å². The van der Waals surface area contributed by atoms with Gasteiger partial charge in [0, 0.05) is 6.20 Å². The minimum absolute atomic E-state index is 0.121. The summed E-state index contributed by atoms with van der Waals surface area (Å²) < 4.78 is 19.1. The van der Waals surface area contributed by atoms with Crippen molar-refractivity contribution in [1.82, 2.24) is 4.90 Å². The molecule has 164 valence electrons. The normalized spacial score (nSPS) is 25.3. The summed E-state index contributed by atoms with van der Waals surface area (Å²) in [7, 11) is 0. The zero-order valence-electron chi connectivity index (χ0n) is 17.0. The summed E-state index contributed by atoms with van der Waals surface area (Å²) in [6.45, 7) is 0. The van der Waals surface area contributed by atoms with Gasteiger partial charge in [0.1, 0.15) is 11.9 Å². The number of carbonyl (C=O) groups is 3. The highest BCUT2D eigenvalue weighted by Gasteiger charge is 2.64. The lowest BCUT2D eigenvalue weighted by molar-refractivity contribution is -0.123. The Morgan fingerprint density at radius 2 is 1.79 bits per heavy atom. The van der Waals surface area contributed by atoms with Crippen LogP contribution in [0.5, 0.6) is 0 Å². The molecule has 0 aliphatic carbocycles. The van der Waals surface area contributed by atoms with Crippen LogP contribution in [-0.4, -0.2) is 28.5 Å². The molecule has 0 bridgehead atoms. The molecule has 2 saturated heterocycles. The number of hydrogen-bond donors (Lipinski definition) is 0. The van der Waals surface area contributed by atoms with Crippen LogP contribution < -0.4 is 4.90 Å². The zero-order chi connectivity index (χ0) is 22.9. The molecule has 3 aliphatic heterocycles. The molecule has 4 heterocycles. The second-order valence-corrected chi connectivity index (χ2v) is 8.69. The molecule has 2 aromatic carbocycles. The fourth-order valence-electron chi connectivity index (χ4n) is 5.30. The number of halogens is 2. The van der Waals surface area contributed by atoms with E-state index in [-0.39, 0.29) is 22.3 Å². The minimum Gasteiger partial charge on any atom is -0.461 e. The first-order valence-electron chi connectivity index (χ1n) is 10.4. The van der Waals surface area contributed by atoms with Gasteiger partial charge in [0.25, 0.3) is 0 Å². The number of imide groups is 1. The Bertz CT molecular complexity index is 1350. The topological polar surface area (TPSA) is 70.8 Å². The number of furan rings is 1. The molecule has 1 aromatic heterocycles. The average molecular weight is 463 g/mol. The molecule has 0 N–H and O–H groups in total. The van der Waals surface area contributed by atoms with Crippen molar-refractivity contribution < 1.29 is 23.2 Å². The molecular weight excluding hydrogens is 447 g/mol. The molecule has 6 rings (SSSR count). The Morgan fingerprint density at radius 3 is 2.55 bits per heavy atom. The highest BCUT2D eigenvalue weighted by Crippen LogP contribution is 2.53. The van der Waals surface area contributed by atoms with Crippen LogP contribution in [0.4, 0.5) is 10.1 Å². The summed E-state index contributed by atoms with van der Waals surface area (Å²) in [4.78, 5) is 43.7. The summed E-state index contributed by atoms with van der Waals surface area (Å²) >= 11 is 5.92. The zero-order valence-corrected chi connectivity index (χ0v) is 17.8. The van der Waals surface area contributed by atoms with Crippen LogP contribution in [0.2, 0.25) is 5.02 Å². The number of rotatable bonds is 3. The lowest BCUT2D eigenvalue weighted by Crippen LogP contribution is -2.44. The maximum Gasteiger partial charge on any atom is 0.240 e. The third-order valence-corrected chi connectivity index (χ3v) is 6.95. The number of carbonyl (C=O) groups excluding carboxylic acids is 3. The van der Waals surface area contributed by atoms with Crippen LogP contribution >= 0.6 is 11.6 Å². The van der Waals surface area contributed by atoms with E-state index in [1.807, 2.05) is 30.3 Å². The van der Waals surface area contributed by atoms with Crippen LogP contribution in [0.1, 0.15) is 27.7 Å². The second kappa shape index (κ2) is 7.15. The van der Waals surface area contributed by atoms with E-state index in [4.69, 9.17) is 16.0 Å². The van der Waals surface area contributed by atoms with Gasteiger partial charge in [-0.2, -0.15) is 0 Å². The molecular formula is C25H16ClFN2O4. The Hall–Kier alpha value is -3.71. The van der Waals surface area contributed by atoms with Crippen molar-refractivity contribution in [2.45, 2.75) is 12.1 Å². The minimum atomic E-state index is -0.931. The van der Waals surface area contributed by atoms with Gasteiger partial charge in [0.05, 0.1) is 34.9 Å². The van der Waals surface area contributed by atoms with Crippen molar-refractivity contribution in [3.63, 3.8) is 0 Å². The first kappa shape index (κ1) is 19.9. The van der Waals surface area contributed by atoms with Crippen molar-refractivity contribution in [3.8, 4) is 0 Å². The van der Waals surface area contributed by atoms with E-state index >= 15 is 0 Å². The molecule has 0 spiro atoms. The maximum atomic E-state index is 13.7. The number of benzene rings is 2. The highest BCUT2D eigenvalue weighted by atomic mass is 35.5. The van der Waals surface area contributed by atoms with Crippen LogP contribution in [0, 0.1) is 17.7 Å². The summed E-state index contributed by atoms with van der Waals surface area (Å²) in [5.74, 6) is -3.59. The summed E-state index contributed by atoms with van der Waals surface area (Å²) in [6, 6.07) is 13.0. The van der Waals surface area contributed by atoms with E-state index in [0.717, 1.165) is 22.1 Å². The third kappa shape index (κ3) is 2.75. The highest BCUT2D eigenvalue weighted by molar-refractivity contribution is 6.31. The first-order valence-corrected chi connectivity index (χ1v) is 10.8. The maximum absolute atomic E-state index is 13.7. The monoisotopic (exact) mass is 462 g/mol. The first-order chi connectivity index (χ1) is 16.0. The van der Waals surface area contributed by atoms with Gasteiger partial charge < -0.3 is 9.32 Å². The molecule has 6 nitrogen and oxygen atoms in total. The van der Waals surface area contributed by atoms with Crippen LogP contribution in [0.15, 0.2) is 71.5 Å². The number of hydrogen-bond acceptors (Lipinski definition) is 5. The second-order valence-electron chi connectivity index (χ2n) is 8.28. The molecule has 0 unspecified atom stereocenters. The summed E-state index contributed by atoms with van der Waals surface area (Å²) in [5.41, 5.74) is 1.97. The molecule has 8 heteroatoms. The predicted octanol–water partition coefficient (Wildman–Crippen LogP) is 4.47. The van der Waals surface area contributed by atoms with Crippen LogP contribution in [0.3, 0.4) is 0 Å². The van der Waals surface area contributed by atoms with E-state index < -0.39 is 41.6 Å². The third-order valence-electron chi connectivity index (χ3n) is 6.66. The molecule has 3 aliphatic rings. The van der Waals surface area contributed by atoms with Gasteiger partial charge in [-0.15, -0.1) is 0 Å². The van der Waals surface area contributed by atoms with Gasteiger partial charge in [-0.25, -0.2) is 9.29 Å². The Labute approximate surface area is 192 Å². The largest absolute Gasteiger partial charge is 0.461 e. The molecule has 2 fully saturated rings. The molecule has 3 aromatic rings. The molecule has 2 amide bonds. The smallest absolute Gasteiger partial charge is 0.240 e. The van der Waals surface area contributed by atoms with Gasteiger partial charge in [0.2, 0.25) is 17.6 Å². The van der Waals surface area contributed by atoms with E-state index in [2.05, 4.69) is 0 Å². The Balaban J connectivity index is 1.51. The van der Waals surface area contributed by atoms with Crippen LogP contribution in [-0.2, 0) is 9.59 Å². The molecule has 0 saturated carbocycles. The fourth-order valence-corrected chi connectivity index (χ4v) is 5.48. The fraction of sp³-hybridized carbons (Fsp3) is 0.160. The number of ketones is 1. The summed E-state index contributed by atoms with van der Waals surface area (Å²) in [6.07, 6.45) is 5.05. The van der Waals surface area contributed by atoms with Crippen molar-refractivity contribution in [1.29, 1.82) is 0 Å². The molecule has 33 heavy (non-hydrogen) atoms. The van der Waals surface area contributed by atoms with E-state index in [9.17, 15) is 18.8 Å². The number of nitrogens with zero attached hydrogens (tertiary/aromatic N) is 2. The predicted molar refractivity (Wildman–Crippen MR) is 118 cm³/mol. The molecule has 4 atom stereocenters. The van der Waals surface area contributed by atoms with E-state index in [1.54, 1.807) is 23.2 Å². The standard InChI is InChI=1S/C25H16ClFN2O4/c26-16-12-14(7-8-17(16)27)29-24(31)19-20(25(29)32)22(23(30)18-6-3-11-33-18)28-10-9-13-4-1-2-5-15(13)21(19)28/h1-12,19-22H/t19-,20+,21+,22-/m0/s1. The molecule has 0 radical (unpaired) electrons. The van der Waals surface area contributed by atoms with Crippen molar-refractivity contribution in [2.75, 3.05) is 4.90 Å². The lowest BCUT2D eigenvalue weighted by Gasteiger charge is -2.35. The van der Waals surface area contributed by atoms with Gasteiger partial charge in [-0.05, 0) is 47.5 Å². The van der Waals surface area contributed by atoms with E-state index in [1.165, 1.54) is 18.4 Å². The number of amides is 2. The van der Waals surface area contributed by atoms with Gasteiger partial charge in [-0.3, -0.25) is 14.4 Å². The van der Waals surface area contributed by atoms with E-state index in [0.29, 0.717) is 0 Å². The quantitative estimate of drug-likeness (QED) is 0.424. The SMILES string of the molecule is O=C(c1ccco1)[C@@H]1[C@@H]2C(=O)N(c3ccc(F)c(Cl)c3)C(=O)[C@@H]2[C@H]2c3ccccc3C=CN12. The number of anilines is 1. The number of Topliss-reactive ketones (excluding diaryl/α,β-unsaturated/α-hetero) is 1.